The summed E-state index contributed by atoms with van der Waals surface area (Å²) in [7, 11) is 0. The van der Waals surface area contributed by atoms with Crippen LogP contribution in [0.4, 0.5) is 10.6 Å². The van der Waals surface area contributed by atoms with Crippen LogP contribution in [0.1, 0.15) is 28.8 Å². The number of furan rings is 1. The Balaban J connectivity index is 1.53. The quantitative estimate of drug-likeness (QED) is 0.662. The number of Topliss-reactive ketones (excluding diaryl/α,β-unsaturated/α-hetero) is 1. The average molecular weight is 375 g/mol. The number of benzene rings is 1. The van der Waals surface area contributed by atoms with Crippen LogP contribution in [0.25, 0.3) is 0 Å². The number of ketones is 1. The molecule has 134 valence electrons. The van der Waals surface area contributed by atoms with Crippen molar-refractivity contribution in [3.05, 3.63) is 64.7 Å². The van der Waals surface area contributed by atoms with Crippen LogP contribution in [0.2, 0.25) is 5.02 Å². The first kappa shape index (κ1) is 17.7. The Kier molecular flexibility index (Phi) is 5.33. The molecule has 0 aliphatic rings. The van der Waals surface area contributed by atoms with E-state index in [9.17, 15) is 9.59 Å². The molecule has 0 aliphatic heterocycles. The highest BCUT2D eigenvalue weighted by Crippen LogP contribution is 2.16. The Morgan fingerprint density at radius 2 is 2.08 bits per heavy atom. The van der Waals surface area contributed by atoms with E-state index in [1.54, 1.807) is 36.4 Å². The summed E-state index contributed by atoms with van der Waals surface area (Å²) in [6.45, 7) is 1.69. The van der Waals surface area contributed by atoms with Crippen molar-refractivity contribution in [2.45, 2.75) is 20.1 Å². The standard InChI is InChI=1S/C17H15ClN4O4/c1-11(23)15-7-6-13(26-15)9-22-19-8-16(21-22)20-17(24)25-10-12-4-2-3-5-14(12)18/h2-8H,9-10H2,1H3,(H,20,21,24). The van der Waals surface area contributed by atoms with Crippen molar-refractivity contribution in [3.8, 4) is 0 Å². The normalized spacial score (nSPS) is 10.5. The van der Waals surface area contributed by atoms with Gasteiger partial charge in [-0.1, -0.05) is 29.8 Å². The number of carbonyl (C=O) groups is 2. The van der Waals surface area contributed by atoms with E-state index in [0.29, 0.717) is 16.3 Å². The van der Waals surface area contributed by atoms with Gasteiger partial charge in [0.05, 0.1) is 6.20 Å². The molecule has 26 heavy (non-hydrogen) atoms. The van der Waals surface area contributed by atoms with Gasteiger partial charge in [0.25, 0.3) is 0 Å². The fourth-order valence-corrected chi connectivity index (χ4v) is 2.31. The summed E-state index contributed by atoms with van der Waals surface area (Å²) in [6.07, 6.45) is 0.708. The van der Waals surface area contributed by atoms with Gasteiger partial charge in [0.1, 0.15) is 18.9 Å². The minimum Gasteiger partial charge on any atom is -0.456 e. The molecule has 1 N–H and O–H groups in total. The van der Waals surface area contributed by atoms with Crippen LogP contribution in [-0.4, -0.2) is 26.9 Å². The summed E-state index contributed by atoms with van der Waals surface area (Å²) in [5, 5.41) is 11.1. The van der Waals surface area contributed by atoms with E-state index < -0.39 is 6.09 Å². The summed E-state index contributed by atoms with van der Waals surface area (Å²) < 4.78 is 10.5. The van der Waals surface area contributed by atoms with Gasteiger partial charge in [0.15, 0.2) is 17.4 Å². The van der Waals surface area contributed by atoms with E-state index in [4.69, 9.17) is 20.8 Å². The molecule has 0 bridgehead atoms. The Labute approximate surface area is 153 Å². The maximum absolute atomic E-state index is 11.8. The van der Waals surface area contributed by atoms with Gasteiger partial charge in [0.2, 0.25) is 0 Å². The van der Waals surface area contributed by atoms with Gasteiger partial charge >= 0.3 is 6.09 Å². The third kappa shape index (κ3) is 4.48. The molecule has 0 atom stereocenters. The molecule has 3 rings (SSSR count). The average Bonchev–Trinajstić information content (AvgIpc) is 3.24. The lowest BCUT2D eigenvalue weighted by Crippen LogP contribution is -2.14. The van der Waals surface area contributed by atoms with Crippen LogP contribution in [0.15, 0.2) is 47.0 Å². The number of nitrogens with zero attached hydrogens (tertiary/aromatic N) is 3. The second kappa shape index (κ2) is 7.83. The number of halogens is 1. The van der Waals surface area contributed by atoms with Crippen LogP contribution in [0, 0.1) is 0 Å². The lowest BCUT2D eigenvalue weighted by atomic mass is 10.2. The van der Waals surface area contributed by atoms with Gasteiger partial charge in [-0.05, 0) is 18.2 Å². The number of amides is 1. The molecule has 2 heterocycles. The number of anilines is 1. The Bertz CT molecular complexity index is 934. The third-order valence-electron chi connectivity index (χ3n) is 3.39. The van der Waals surface area contributed by atoms with E-state index in [2.05, 4.69) is 15.5 Å². The Morgan fingerprint density at radius 1 is 1.27 bits per heavy atom. The first-order valence-corrected chi connectivity index (χ1v) is 8.06. The lowest BCUT2D eigenvalue weighted by molar-refractivity contribution is 0.0985. The highest BCUT2D eigenvalue weighted by molar-refractivity contribution is 6.31. The van der Waals surface area contributed by atoms with Crippen molar-refractivity contribution in [2.75, 3.05) is 5.32 Å². The Hall–Kier alpha value is -3.13. The summed E-state index contributed by atoms with van der Waals surface area (Å²) in [5.41, 5.74) is 0.701. The number of rotatable bonds is 6. The topological polar surface area (TPSA) is 99.2 Å². The van der Waals surface area contributed by atoms with Gasteiger partial charge in [-0.3, -0.25) is 10.1 Å². The van der Waals surface area contributed by atoms with Crippen LogP contribution in [0.3, 0.4) is 0 Å². The van der Waals surface area contributed by atoms with Gasteiger partial charge in [-0.15, -0.1) is 5.10 Å². The molecule has 3 aromatic rings. The number of nitrogens with one attached hydrogen (secondary N) is 1. The van der Waals surface area contributed by atoms with E-state index in [1.165, 1.54) is 17.9 Å². The van der Waals surface area contributed by atoms with Gasteiger partial charge in [-0.2, -0.15) is 9.90 Å². The third-order valence-corrected chi connectivity index (χ3v) is 3.76. The number of hydrogen-bond acceptors (Lipinski definition) is 6. The minimum atomic E-state index is -0.672. The molecular weight excluding hydrogens is 360 g/mol. The summed E-state index contributed by atoms with van der Waals surface area (Å²) in [5.74, 6) is 0.869. The van der Waals surface area contributed by atoms with E-state index >= 15 is 0 Å². The van der Waals surface area contributed by atoms with Crippen molar-refractivity contribution in [1.29, 1.82) is 0 Å². The molecular formula is C17H15ClN4O4. The number of ether oxygens (including phenoxy) is 1. The first-order chi connectivity index (χ1) is 12.5. The molecule has 0 aliphatic carbocycles. The molecule has 8 nitrogen and oxygen atoms in total. The molecule has 2 aromatic heterocycles. The molecule has 0 saturated carbocycles. The zero-order valence-corrected chi connectivity index (χ0v) is 14.6. The van der Waals surface area contributed by atoms with E-state index in [1.807, 2.05) is 0 Å². The Morgan fingerprint density at radius 3 is 2.81 bits per heavy atom. The fourth-order valence-electron chi connectivity index (χ4n) is 2.12. The van der Waals surface area contributed by atoms with E-state index in [0.717, 1.165) is 0 Å². The first-order valence-electron chi connectivity index (χ1n) is 7.68. The summed E-state index contributed by atoms with van der Waals surface area (Å²) in [4.78, 5) is 24.4. The summed E-state index contributed by atoms with van der Waals surface area (Å²) >= 11 is 6.00. The van der Waals surface area contributed by atoms with Crippen molar-refractivity contribution in [1.82, 2.24) is 15.0 Å². The molecule has 0 fully saturated rings. The van der Waals surface area contributed by atoms with Crippen molar-refractivity contribution in [2.24, 2.45) is 0 Å². The maximum Gasteiger partial charge on any atom is 0.413 e. The second-order valence-electron chi connectivity index (χ2n) is 5.37. The number of aromatic nitrogens is 3. The van der Waals surface area contributed by atoms with Crippen molar-refractivity contribution in [3.63, 3.8) is 0 Å². The zero-order valence-electron chi connectivity index (χ0n) is 13.8. The highest BCUT2D eigenvalue weighted by atomic mass is 35.5. The molecule has 0 spiro atoms. The predicted octanol–water partition coefficient (Wildman–Crippen LogP) is 3.52. The highest BCUT2D eigenvalue weighted by Gasteiger charge is 2.11. The molecule has 0 saturated heterocycles. The van der Waals surface area contributed by atoms with Gasteiger partial charge < -0.3 is 9.15 Å². The fraction of sp³-hybridized carbons (Fsp3) is 0.176. The molecule has 1 aromatic carbocycles. The maximum atomic E-state index is 11.8. The van der Waals surface area contributed by atoms with Crippen LogP contribution >= 0.6 is 11.6 Å². The lowest BCUT2D eigenvalue weighted by Gasteiger charge is -2.06. The second-order valence-corrected chi connectivity index (χ2v) is 5.78. The zero-order chi connectivity index (χ0) is 18.5. The van der Waals surface area contributed by atoms with Crippen LogP contribution in [-0.2, 0) is 17.9 Å². The molecule has 1 amide bonds. The predicted molar refractivity (Wildman–Crippen MR) is 93.1 cm³/mol. The monoisotopic (exact) mass is 374 g/mol. The number of carbonyl (C=O) groups excluding carboxylic acids is 2. The molecule has 9 heteroatoms. The number of hydrogen-bond donors (Lipinski definition) is 1. The smallest absolute Gasteiger partial charge is 0.413 e. The molecule has 0 radical (unpaired) electrons. The van der Waals surface area contributed by atoms with Crippen molar-refractivity contribution < 1.29 is 18.7 Å². The minimum absolute atomic E-state index is 0.0415. The van der Waals surface area contributed by atoms with Crippen LogP contribution in [0.5, 0.6) is 0 Å². The van der Waals surface area contributed by atoms with Gasteiger partial charge in [-0.25, -0.2) is 4.79 Å². The molecule has 0 unspecified atom stereocenters. The largest absolute Gasteiger partial charge is 0.456 e. The van der Waals surface area contributed by atoms with Crippen LogP contribution < -0.4 is 5.32 Å². The van der Waals surface area contributed by atoms with Gasteiger partial charge in [0, 0.05) is 17.5 Å². The van der Waals surface area contributed by atoms with Crippen molar-refractivity contribution >= 4 is 29.3 Å². The SMILES string of the molecule is CC(=O)c1ccc(Cn2ncc(NC(=O)OCc3ccccc3Cl)n2)o1. The summed E-state index contributed by atoms with van der Waals surface area (Å²) in [6, 6.07) is 10.3. The van der Waals surface area contributed by atoms with E-state index in [-0.39, 0.29) is 30.5 Å².